The van der Waals surface area contributed by atoms with Crippen LogP contribution in [0.2, 0.25) is 0 Å². The average molecular weight is 243 g/mol. The molecule has 3 atom stereocenters. The minimum absolute atomic E-state index is 0.0513. The molecular formula is C14H23ClO. The normalized spacial score (nSPS) is 41.4. The van der Waals surface area contributed by atoms with Crippen LogP contribution in [0.25, 0.3) is 0 Å². The molecule has 0 aromatic carbocycles. The highest BCUT2D eigenvalue weighted by Gasteiger charge is 2.58. The second kappa shape index (κ2) is 4.01. The maximum Gasteiger partial charge on any atom is 0.144 e. The molecule has 1 nitrogen and oxygen atoms in total. The number of carbonyl (C=O) groups excluding carboxylic acids is 1. The lowest BCUT2D eigenvalue weighted by atomic mass is 9.46. The molecule has 0 N–H and O–H groups in total. The zero-order valence-electron chi connectivity index (χ0n) is 10.7. The fraction of sp³-hybridized carbons (Fsp3) is 0.929. The van der Waals surface area contributed by atoms with Crippen LogP contribution in [0.3, 0.4) is 0 Å². The first-order valence-electron chi connectivity index (χ1n) is 6.54. The van der Waals surface area contributed by atoms with E-state index in [0.29, 0.717) is 17.6 Å². The van der Waals surface area contributed by atoms with Gasteiger partial charge in [0.2, 0.25) is 0 Å². The Labute approximate surface area is 104 Å². The van der Waals surface area contributed by atoms with E-state index < -0.39 is 0 Å². The molecule has 0 aliphatic heterocycles. The molecule has 2 heteroatoms. The summed E-state index contributed by atoms with van der Waals surface area (Å²) >= 11 is 5.78. The lowest BCUT2D eigenvalue weighted by molar-refractivity contribution is -0.160. The summed E-state index contributed by atoms with van der Waals surface area (Å²) in [6, 6.07) is 0. The Hall–Kier alpha value is -0.0400. The first-order valence-corrected chi connectivity index (χ1v) is 7.07. The third kappa shape index (κ3) is 1.63. The number of rotatable bonds is 3. The maximum atomic E-state index is 12.6. The molecule has 0 aromatic heterocycles. The summed E-state index contributed by atoms with van der Waals surface area (Å²) in [6.07, 6.45) is 5.78. The summed E-state index contributed by atoms with van der Waals surface area (Å²) in [6.45, 7) is 6.50. The van der Waals surface area contributed by atoms with Gasteiger partial charge in [-0.05, 0) is 43.9 Å². The SMILES string of the molecule is CC1(C)C(=O)C2(C)CCC1CC2CCCCl. The molecule has 2 bridgehead atoms. The number of hydrogen-bond donors (Lipinski definition) is 0. The Bertz CT molecular complexity index is 297. The standard InChI is InChI=1S/C14H23ClO/c1-13(2)10-6-7-14(3,12(13)16)11(9-10)5-4-8-15/h10-11H,4-9H2,1-3H3. The van der Waals surface area contributed by atoms with Crippen molar-refractivity contribution >= 4 is 17.4 Å². The van der Waals surface area contributed by atoms with E-state index in [9.17, 15) is 4.79 Å². The van der Waals surface area contributed by atoms with Crippen molar-refractivity contribution in [3.63, 3.8) is 0 Å². The van der Waals surface area contributed by atoms with Crippen molar-refractivity contribution in [2.24, 2.45) is 22.7 Å². The van der Waals surface area contributed by atoms with Crippen LogP contribution in [-0.4, -0.2) is 11.7 Å². The van der Waals surface area contributed by atoms with Gasteiger partial charge in [-0.15, -0.1) is 11.6 Å². The Morgan fingerprint density at radius 1 is 1.38 bits per heavy atom. The van der Waals surface area contributed by atoms with Crippen LogP contribution in [0.1, 0.15) is 52.9 Å². The predicted octanol–water partition coefficient (Wildman–Crippen LogP) is 4.04. The Morgan fingerprint density at radius 2 is 2.06 bits per heavy atom. The smallest absolute Gasteiger partial charge is 0.144 e. The van der Waals surface area contributed by atoms with Gasteiger partial charge in [0.25, 0.3) is 0 Å². The van der Waals surface area contributed by atoms with E-state index in [1.165, 1.54) is 12.8 Å². The van der Waals surface area contributed by atoms with Crippen LogP contribution < -0.4 is 0 Å². The lowest BCUT2D eigenvalue weighted by Gasteiger charge is -2.56. The minimum Gasteiger partial charge on any atom is -0.298 e. The highest BCUT2D eigenvalue weighted by atomic mass is 35.5. The van der Waals surface area contributed by atoms with Crippen molar-refractivity contribution < 1.29 is 4.79 Å². The molecule has 3 aliphatic rings. The van der Waals surface area contributed by atoms with E-state index in [0.717, 1.165) is 25.1 Å². The molecule has 3 aliphatic carbocycles. The van der Waals surface area contributed by atoms with Crippen molar-refractivity contribution in [1.29, 1.82) is 0 Å². The molecule has 0 heterocycles. The van der Waals surface area contributed by atoms with Gasteiger partial charge in [0.15, 0.2) is 0 Å². The molecule has 0 saturated heterocycles. The highest BCUT2D eigenvalue weighted by Crippen LogP contribution is 2.59. The zero-order chi connectivity index (χ0) is 12.0. The Morgan fingerprint density at radius 3 is 2.69 bits per heavy atom. The van der Waals surface area contributed by atoms with Gasteiger partial charge in [-0.1, -0.05) is 20.8 Å². The van der Waals surface area contributed by atoms with Crippen LogP contribution in [0.4, 0.5) is 0 Å². The number of hydrogen-bond acceptors (Lipinski definition) is 1. The molecule has 3 rings (SSSR count). The van der Waals surface area contributed by atoms with Crippen LogP contribution in [0, 0.1) is 22.7 Å². The predicted molar refractivity (Wildman–Crippen MR) is 67.7 cm³/mol. The van der Waals surface area contributed by atoms with E-state index in [2.05, 4.69) is 20.8 Å². The topological polar surface area (TPSA) is 17.1 Å². The molecule has 3 saturated carbocycles. The summed E-state index contributed by atoms with van der Waals surface area (Å²) in [5.41, 5.74) is -0.130. The van der Waals surface area contributed by atoms with Crippen LogP contribution in [-0.2, 0) is 4.79 Å². The van der Waals surface area contributed by atoms with Gasteiger partial charge >= 0.3 is 0 Å². The van der Waals surface area contributed by atoms with E-state index in [1.54, 1.807) is 0 Å². The highest BCUT2D eigenvalue weighted by molar-refractivity contribution is 6.17. The summed E-state index contributed by atoms with van der Waals surface area (Å²) in [5, 5.41) is 0. The quantitative estimate of drug-likeness (QED) is 0.683. The van der Waals surface area contributed by atoms with Crippen molar-refractivity contribution in [2.45, 2.75) is 52.9 Å². The van der Waals surface area contributed by atoms with E-state index in [4.69, 9.17) is 11.6 Å². The van der Waals surface area contributed by atoms with E-state index in [-0.39, 0.29) is 10.8 Å². The Balaban J connectivity index is 2.21. The number of halogens is 1. The van der Waals surface area contributed by atoms with Crippen molar-refractivity contribution in [2.75, 3.05) is 5.88 Å². The molecule has 16 heavy (non-hydrogen) atoms. The van der Waals surface area contributed by atoms with Gasteiger partial charge in [-0.25, -0.2) is 0 Å². The minimum atomic E-state index is -0.0789. The summed E-state index contributed by atoms with van der Waals surface area (Å²) in [4.78, 5) is 12.6. The van der Waals surface area contributed by atoms with Gasteiger partial charge in [-0.2, -0.15) is 0 Å². The molecule has 0 radical (unpaired) electrons. The van der Waals surface area contributed by atoms with E-state index >= 15 is 0 Å². The first-order chi connectivity index (χ1) is 7.43. The number of ketones is 1. The van der Waals surface area contributed by atoms with Crippen LogP contribution in [0.5, 0.6) is 0 Å². The van der Waals surface area contributed by atoms with Crippen molar-refractivity contribution in [3.05, 3.63) is 0 Å². The second-order valence-corrected chi connectivity index (χ2v) is 6.85. The zero-order valence-corrected chi connectivity index (χ0v) is 11.4. The van der Waals surface area contributed by atoms with Gasteiger partial charge in [-0.3, -0.25) is 4.79 Å². The first kappa shape index (κ1) is 12.4. The van der Waals surface area contributed by atoms with Crippen LogP contribution >= 0.6 is 11.6 Å². The average Bonchev–Trinajstić information content (AvgIpc) is 2.24. The van der Waals surface area contributed by atoms with E-state index in [1.807, 2.05) is 0 Å². The fourth-order valence-corrected chi connectivity index (χ4v) is 4.19. The van der Waals surface area contributed by atoms with Gasteiger partial charge in [0.05, 0.1) is 0 Å². The summed E-state index contributed by atoms with van der Waals surface area (Å²) in [7, 11) is 0. The van der Waals surface area contributed by atoms with Gasteiger partial charge in [0, 0.05) is 16.7 Å². The third-order valence-corrected chi connectivity index (χ3v) is 5.56. The number of alkyl halides is 1. The number of Topliss-reactive ketones (excluding diaryl/α,β-unsaturated/α-hetero) is 1. The molecule has 0 amide bonds. The second-order valence-electron chi connectivity index (χ2n) is 6.47. The molecule has 92 valence electrons. The summed E-state index contributed by atoms with van der Waals surface area (Å²) in [5.74, 6) is 2.45. The molecule has 3 fully saturated rings. The lowest BCUT2D eigenvalue weighted by Crippen LogP contribution is -2.57. The molecule has 3 unspecified atom stereocenters. The molecule has 0 spiro atoms. The number of fused-ring (bicyclic) bond motifs is 3. The maximum absolute atomic E-state index is 12.6. The van der Waals surface area contributed by atoms with Crippen molar-refractivity contribution in [1.82, 2.24) is 0 Å². The van der Waals surface area contributed by atoms with Gasteiger partial charge < -0.3 is 0 Å². The van der Waals surface area contributed by atoms with Crippen molar-refractivity contribution in [3.8, 4) is 0 Å². The molecular weight excluding hydrogens is 220 g/mol. The Kier molecular flexibility index (Phi) is 3.11. The molecule has 0 aromatic rings. The van der Waals surface area contributed by atoms with Gasteiger partial charge in [0.1, 0.15) is 5.78 Å². The fourth-order valence-electron chi connectivity index (χ4n) is 4.04. The number of carbonyl (C=O) groups is 1. The largest absolute Gasteiger partial charge is 0.298 e. The van der Waals surface area contributed by atoms with Crippen LogP contribution in [0.15, 0.2) is 0 Å². The third-order valence-electron chi connectivity index (χ3n) is 5.29. The monoisotopic (exact) mass is 242 g/mol. The summed E-state index contributed by atoms with van der Waals surface area (Å²) < 4.78 is 0.